The van der Waals surface area contributed by atoms with Crippen molar-refractivity contribution in [3.8, 4) is 10.4 Å². The van der Waals surface area contributed by atoms with Crippen molar-refractivity contribution in [2.45, 2.75) is 102 Å². The summed E-state index contributed by atoms with van der Waals surface area (Å²) in [4.78, 5) is 24.1. The number of imidazole rings is 1. The molecular formula is C31H48N6O5S2Si. The Labute approximate surface area is 272 Å². The number of sulfonamides is 1. The lowest BCUT2D eigenvalue weighted by Gasteiger charge is -2.28. The predicted molar refractivity (Wildman–Crippen MR) is 183 cm³/mol. The Morgan fingerprint density at radius 2 is 1.91 bits per heavy atom. The van der Waals surface area contributed by atoms with Gasteiger partial charge in [-0.25, -0.2) is 27.9 Å². The maximum absolute atomic E-state index is 13.5. The van der Waals surface area contributed by atoms with E-state index < -0.39 is 18.1 Å². The molecule has 0 spiro atoms. The van der Waals surface area contributed by atoms with Crippen LogP contribution in [0.25, 0.3) is 10.4 Å². The average molecular weight is 677 g/mol. The SMILES string of the molecule is CCNS(=O)(=O)c1cc(N(C)c2nccn2COCC[Si](C)(C)C)ccc1-c1cnc([C@H]2CC[C@H](NC(=O)OC(C)C)CC2)s1. The average Bonchev–Trinajstić information content (AvgIpc) is 3.64. The lowest BCUT2D eigenvalue weighted by molar-refractivity contribution is 0.0882. The van der Waals surface area contributed by atoms with Gasteiger partial charge in [0.25, 0.3) is 0 Å². The van der Waals surface area contributed by atoms with E-state index in [1.54, 1.807) is 25.4 Å². The Hall–Kier alpha value is -2.78. The summed E-state index contributed by atoms with van der Waals surface area (Å²) in [7, 11) is -3.12. The number of thiazole rings is 1. The second-order valence-corrected chi connectivity index (χ2v) is 21.4. The maximum Gasteiger partial charge on any atom is 0.407 e. The van der Waals surface area contributed by atoms with E-state index in [1.807, 2.05) is 48.7 Å². The van der Waals surface area contributed by atoms with Crippen LogP contribution in [-0.2, 0) is 26.2 Å². The van der Waals surface area contributed by atoms with E-state index in [0.29, 0.717) is 30.5 Å². The van der Waals surface area contributed by atoms with Crippen molar-refractivity contribution >= 4 is 47.2 Å². The van der Waals surface area contributed by atoms with Crippen LogP contribution in [0.3, 0.4) is 0 Å². The van der Waals surface area contributed by atoms with E-state index >= 15 is 0 Å². The van der Waals surface area contributed by atoms with Gasteiger partial charge in [0.05, 0.1) is 20.9 Å². The highest BCUT2D eigenvalue weighted by Crippen LogP contribution is 2.40. The van der Waals surface area contributed by atoms with Crippen LogP contribution in [0, 0.1) is 0 Å². The summed E-state index contributed by atoms with van der Waals surface area (Å²) in [5.74, 6) is 0.916. The molecule has 45 heavy (non-hydrogen) atoms. The van der Waals surface area contributed by atoms with Crippen LogP contribution in [0.4, 0.5) is 16.4 Å². The number of ether oxygens (including phenoxy) is 2. The molecule has 2 aromatic heterocycles. The molecule has 2 heterocycles. The molecule has 0 radical (unpaired) electrons. The molecule has 3 aromatic rings. The van der Waals surface area contributed by atoms with Crippen molar-refractivity contribution in [2.75, 3.05) is 25.1 Å². The molecule has 1 amide bonds. The van der Waals surface area contributed by atoms with E-state index in [4.69, 9.17) is 14.5 Å². The molecule has 1 saturated carbocycles. The number of nitrogens with one attached hydrogen (secondary N) is 2. The third-order valence-electron chi connectivity index (χ3n) is 7.73. The number of carbonyl (C=O) groups excluding carboxylic acids is 1. The van der Waals surface area contributed by atoms with E-state index in [1.165, 1.54) is 11.3 Å². The molecule has 248 valence electrons. The third-order valence-corrected chi connectivity index (χ3v) is 12.2. The van der Waals surface area contributed by atoms with Crippen LogP contribution in [-0.4, -0.2) is 69.5 Å². The van der Waals surface area contributed by atoms with Crippen molar-refractivity contribution in [2.24, 2.45) is 0 Å². The first-order chi connectivity index (χ1) is 21.3. The molecule has 0 bridgehead atoms. The van der Waals surface area contributed by atoms with Crippen LogP contribution in [0.15, 0.2) is 41.7 Å². The highest BCUT2D eigenvalue weighted by atomic mass is 32.2. The van der Waals surface area contributed by atoms with E-state index in [2.05, 4.69) is 34.7 Å². The van der Waals surface area contributed by atoms with Gasteiger partial charge in [0, 0.05) is 70.1 Å². The van der Waals surface area contributed by atoms with Gasteiger partial charge >= 0.3 is 6.09 Å². The molecule has 1 aliphatic carbocycles. The molecule has 0 unspecified atom stereocenters. The summed E-state index contributed by atoms with van der Waals surface area (Å²) in [6.07, 6.45) is 8.29. The van der Waals surface area contributed by atoms with E-state index in [0.717, 1.165) is 41.6 Å². The van der Waals surface area contributed by atoms with Gasteiger partial charge in [0.1, 0.15) is 6.73 Å². The number of amides is 1. The minimum Gasteiger partial charge on any atom is -0.447 e. The van der Waals surface area contributed by atoms with Crippen LogP contribution in [0.2, 0.25) is 25.7 Å². The molecule has 2 N–H and O–H groups in total. The van der Waals surface area contributed by atoms with Gasteiger partial charge in [0.15, 0.2) is 0 Å². The highest BCUT2D eigenvalue weighted by Gasteiger charge is 2.28. The van der Waals surface area contributed by atoms with Crippen LogP contribution < -0.4 is 14.9 Å². The monoisotopic (exact) mass is 676 g/mol. The first-order valence-electron chi connectivity index (χ1n) is 15.7. The Kier molecular flexibility index (Phi) is 11.9. The van der Waals surface area contributed by atoms with Gasteiger partial charge in [0.2, 0.25) is 16.0 Å². The lowest BCUT2D eigenvalue weighted by Crippen LogP contribution is -2.38. The van der Waals surface area contributed by atoms with Crippen LogP contribution in [0.1, 0.15) is 57.4 Å². The number of alkyl carbamates (subject to hydrolysis) is 1. The van der Waals surface area contributed by atoms with E-state index in [-0.39, 0.29) is 35.6 Å². The maximum atomic E-state index is 13.5. The summed E-state index contributed by atoms with van der Waals surface area (Å²) in [5, 5.41) is 3.95. The number of anilines is 2. The first kappa shape index (κ1) is 35.1. The predicted octanol–water partition coefficient (Wildman–Crippen LogP) is 6.55. The summed E-state index contributed by atoms with van der Waals surface area (Å²) in [5.41, 5.74) is 1.30. The Bertz CT molecular complexity index is 1530. The smallest absolute Gasteiger partial charge is 0.407 e. The number of carbonyl (C=O) groups is 1. The second-order valence-electron chi connectivity index (χ2n) is 13.0. The lowest BCUT2D eigenvalue weighted by atomic mass is 9.86. The van der Waals surface area contributed by atoms with E-state index in [9.17, 15) is 13.2 Å². The van der Waals surface area contributed by atoms with Crippen LogP contribution in [0.5, 0.6) is 0 Å². The minimum atomic E-state index is -3.80. The molecule has 14 heteroatoms. The number of benzene rings is 1. The number of hydrogen-bond acceptors (Lipinski definition) is 9. The van der Waals surface area contributed by atoms with Crippen molar-refractivity contribution in [1.29, 1.82) is 0 Å². The summed E-state index contributed by atoms with van der Waals surface area (Å²) < 4.78 is 42.7. The molecular weight excluding hydrogens is 629 g/mol. The van der Waals surface area contributed by atoms with Crippen LogP contribution >= 0.6 is 11.3 Å². The third kappa shape index (κ3) is 9.61. The number of aromatic nitrogens is 3. The highest BCUT2D eigenvalue weighted by molar-refractivity contribution is 7.89. The van der Waals surface area contributed by atoms with Crippen molar-refractivity contribution in [1.82, 2.24) is 24.6 Å². The molecule has 1 aliphatic rings. The van der Waals surface area contributed by atoms with Crippen molar-refractivity contribution in [3.05, 3.63) is 41.8 Å². The van der Waals surface area contributed by atoms with Gasteiger partial charge in [-0.05, 0) is 57.7 Å². The Morgan fingerprint density at radius 3 is 2.58 bits per heavy atom. The van der Waals surface area contributed by atoms with Gasteiger partial charge < -0.3 is 19.7 Å². The zero-order valence-corrected chi connectivity index (χ0v) is 30.1. The van der Waals surface area contributed by atoms with Crippen molar-refractivity contribution < 1.29 is 22.7 Å². The number of hydrogen-bond donors (Lipinski definition) is 2. The zero-order valence-electron chi connectivity index (χ0n) is 27.5. The Balaban J connectivity index is 1.52. The fraction of sp³-hybridized carbons (Fsp3) is 0.581. The normalized spacial score (nSPS) is 17.4. The quantitative estimate of drug-likeness (QED) is 0.146. The number of nitrogens with zero attached hydrogens (tertiary/aromatic N) is 4. The standard InChI is InChI=1S/C31H48N6O5S2Si/c1-8-34-44(39,40)28-19-25(36(4)30-32-15-16-37(30)21-41-17-18-45(5,6)7)13-14-26(28)27-20-33-29(43-27)23-9-11-24(12-10-23)35-31(38)42-22(2)3/h13-16,19-20,22-24,34H,8-12,17-18,21H2,1-7H3,(H,35,38)/t23-,24-. The molecule has 0 saturated heterocycles. The Morgan fingerprint density at radius 1 is 1.18 bits per heavy atom. The van der Waals surface area contributed by atoms with Gasteiger partial charge in [-0.2, -0.15) is 0 Å². The topological polar surface area (TPSA) is 128 Å². The molecule has 0 atom stereocenters. The second kappa shape index (κ2) is 15.2. The largest absolute Gasteiger partial charge is 0.447 e. The summed E-state index contributed by atoms with van der Waals surface area (Å²) in [6, 6.07) is 6.63. The summed E-state index contributed by atoms with van der Waals surface area (Å²) in [6.45, 7) is 13.7. The number of rotatable bonds is 14. The molecule has 1 fully saturated rings. The first-order valence-corrected chi connectivity index (χ1v) is 21.7. The zero-order chi connectivity index (χ0) is 32.8. The molecule has 1 aromatic carbocycles. The minimum absolute atomic E-state index is 0.0839. The molecule has 11 nitrogen and oxygen atoms in total. The van der Waals surface area contributed by atoms with Crippen molar-refractivity contribution in [3.63, 3.8) is 0 Å². The fourth-order valence-corrected chi connectivity index (χ4v) is 8.50. The fourth-order valence-electron chi connectivity index (χ4n) is 5.27. The summed E-state index contributed by atoms with van der Waals surface area (Å²) >= 11 is 1.53. The molecule has 4 rings (SSSR count). The van der Waals surface area contributed by atoms with Gasteiger partial charge in [-0.15, -0.1) is 11.3 Å². The molecule has 0 aliphatic heterocycles. The van der Waals surface area contributed by atoms with Gasteiger partial charge in [-0.1, -0.05) is 32.6 Å². The van der Waals surface area contributed by atoms with Gasteiger partial charge in [-0.3, -0.25) is 4.57 Å².